The second-order valence-corrected chi connectivity index (χ2v) is 7.34. The number of carbonyl (C=O) groups excluding carboxylic acids is 1. The number of ether oxygens (including phenoxy) is 4. The molecule has 0 radical (unpaired) electrons. The Balaban J connectivity index is 1.62. The minimum Gasteiger partial charge on any atom is -0.454 e. The molecule has 26 heavy (non-hydrogen) atoms. The van der Waals surface area contributed by atoms with Gasteiger partial charge in [0.25, 0.3) is 0 Å². The van der Waals surface area contributed by atoms with Gasteiger partial charge in [-0.15, -0.1) is 0 Å². The van der Waals surface area contributed by atoms with Crippen LogP contribution in [0.1, 0.15) is 23.0 Å². The average molecular weight is 484 g/mol. The van der Waals surface area contributed by atoms with Gasteiger partial charge in [0.1, 0.15) is 5.78 Å². The van der Waals surface area contributed by atoms with Crippen LogP contribution in [0.25, 0.3) is 0 Å². The maximum atomic E-state index is 13.3. The lowest BCUT2D eigenvalue weighted by molar-refractivity contribution is -0.121. The van der Waals surface area contributed by atoms with E-state index in [1.54, 1.807) is 0 Å². The molecule has 2 unspecified atom stereocenters. The van der Waals surface area contributed by atoms with Gasteiger partial charge < -0.3 is 18.9 Å². The van der Waals surface area contributed by atoms with Crippen molar-refractivity contribution in [3.8, 4) is 23.0 Å². The minimum absolute atomic E-state index is 0.122. The van der Waals surface area contributed by atoms with E-state index in [9.17, 15) is 4.79 Å². The predicted octanol–water partition coefficient (Wildman–Crippen LogP) is 4.37. The lowest BCUT2D eigenvalue weighted by atomic mass is 9.85. The Hall–Kier alpha value is -1.73. The van der Waals surface area contributed by atoms with Gasteiger partial charge in [0.2, 0.25) is 13.6 Å². The van der Waals surface area contributed by atoms with Crippen LogP contribution in [-0.4, -0.2) is 30.0 Å². The molecule has 0 amide bonds. The summed E-state index contributed by atoms with van der Waals surface area (Å²) in [5.74, 6) is 2.32. The quantitative estimate of drug-likeness (QED) is 0.571. The number of hydrogen-bond donors (Lipinski definition) is 0. The van der Waals surface area contributed by atoms with Crippen LogP contribution in [0.3, 0.4) is 0 Å². The number of rotatable bonds is 6. The van der Waals surface area contributed by atoms with Crippen LogP contribution in [0.5, 0.6) is 23.0 Å². The van der Waals surface area contributed by atoms with Gasteiger partial charge in [-0.2, -0.15) is 0 Å². The zero-order valence-corrected chi connectivity index (χ0v) is 16.9. The van der Waals surface area contributed by atoms with Gasteiger partial charge in [0.15, 0.2) is 23.0 Å². The molecular weight excluding hydrogens is 468 g/mol. The van der Waals surface area contributed by atoms with Crippen molar-refractivity contribution in [2.75, 3.05) is 24.2 Å². The Morgan fingerprint density at radius 1 is 0.769 bits per heavy atom. The molecule has 2 aromatic carbocycles. The second-order valence-electron chi connectivity index (χ2n) is 6.04. The summed E-state index contributed by atoms with van der Waals surface area (Å²) in [5, 5.41) is 1.05. The standard InChI is InChI=1S/C19H16Br2O5/c20-7-13(11-1-3-15-17(5-11)25-9-23-15)19(22)14(8-21)12-2-4-16-18(6-12)26-10-24-16/h1-6,13-14H,7-10H2. The smallest absolute Gasteiger partial charge is 0.231 e. The molecule has 0 saturated heterocycles. The molecule has 0 aromatic heterocycles. The second kappa shape index (κ2) is 7.48. The number of fused-ring (bicyclic) bond motifs is 2. The highest BCUT2D eigenvalue weighted by Crippen LogP contribution is 2.39. The molecule has 4 rings (SSSR count). The molecule has 2 aliphatic rings. The fraction of sp³-hybridized carbons (Fsp3) is 0.316. The monoisotopic (exact) mass is 482 g/mol. The number of ketones is 1. The van der Waals surface area contributed by atoms with Gasteiger partial charge >= 0.3 is 0 Å². The fourth-order valence-electron chi connectivity index (χ4n) is 3.16. The van der Waals surface area contributed by atoms with E-state index in [0.717, 1.165) is 11.1 Å². The molecule has 0 bridgehead atoms. The number of carbonyl (C=O) groups is 1. The molecule has 0 spiro atoms. The lowest BCUT2D eigenvalue weighted by Crippen LogP contribution is -2.23. The molecule has 2 aromatic rings. The van der Waals surface area contributed by atoms with E-state index in [4.69, 9.17) is 18.9 Å². The highest BCUT2D eigenvalue weighted by Gasteiger charge is 2.30. The first-order valence-corrected chi connectivity index (χ1v) is 10.4. The first-order valence-electron chi connectivity index (χ1n) is 8.16. The van der Waals surface area contributed by atoms with Crippen LogP contribution < -0.4 is 18.9 Å². The van der Waals surface area contributed by atoms with Crippen molar-refractivity contribution in [3.05, 3.63) is 47.5 Å². The fourth-order valence-corrected chi connectivity index (χ4v) is 4.55. The van der Waals surface area contributed by atoms with Gasteiger partial charge in [-0.05, 0) is 35.4 Å². The van der Waals surface area contributed by atoms with Crippen LogP contribution in [0, 0.1) is 0 Å². The number of benzene rings is 2. The number of hydrogen-bond acceptors (Lipinski definition) is 5. The van der Waals surface area contributed by atoms with E-state index in [2.05, 4.69) is 31.9 Å². The van der Waals surface area contributed by atoms with Gasteiger partial charge in [0, 0.05) is 10.7 Å². The third-order valence-corrected chi connectivity index (χ3v) is 5.89. The molecule has 2 aliphatic heterocycles. The average Bonchev–Trinajstić information content (AvgIpc) is 3.31. The van der Waals surface area contributed by atoms with Crippen molar-refractivity contribution < 1.29 is 23.7 Å². The molecular formula is C19H16Br2O5. The number of Topliss-reactive ketones (excluding diaryl/α,β-unsaturated/α-hetero) is 1. The van der Waals surface area contributed by atoms with Crippen molar-refractivity contribution in [3.63, 3.8) is 0 Å². The predicted molar refractivity (Wildman–Crippen MR) is 103 cm³/mol. The van der Waals surface area contributed by atoms with Crippen molar-refractivity contribution in [1.82, 2.24) is 0 Å². The Kier molecular flexibility index (Phi) is 5.09. The molecule has 2 atom stereocenters. The summed E-state index contributed by atoms with van der Waals surface area (Å²) in [6.07, 6.45) is 0. The lowest BCUT2D eigenvalue weighted by Gasteiger charge is -2.21. The molecule has 0 saturated carbocycles. The third kappa shape index (κ3) is 3.18. The number of halogens is 2. The van der Waals surface area contributed by atoms with E-state index in [1.165, 1.54) is 0 Å². The maximum Gasteiger partial charge on any atom is 0.231 e. The maximum absolute atomic E-state index is 13.3. The van der Waals surface area contributed by atoms with Crippen molar-refractivity contribution in [2.45, 2.75) is 11.8 Å². The van der Waals surface area contributed by atoms with Gasteiger partial charge in [-0.25, -0.2) is 0 Å². The third-order valence-electron chi connectivity index (χ3n) is 4.59. The van der Waals surface area contributed by atoms with E-state index >= 15 is 0 Å². The van der Waals surface area contributed by atoms with Crippen molar-refractivity contribution in [1.29, 1.82) is 0 Å². The Labute approximate surface area is 167 Å². The van der Waals surface area contributed by atoms with E-state index < -0.39 is 0 Å². The summed E-state index contributed by atoms with van der Waals surface area (Å²) in [6, 6.07) is 11.3. The largest absolute Gasteiger partial charge is 0.454 e. The van der Waals surface area contributed by atoms with E-state index in [0.29, 0.717) is 33.7 Å². The van der Waals surface area contributed by atoms with Crippen LogP contribution in [0.15, 0.2) is 36.4 Å². The summed E-state index contributed by atoms with van der Waals surface area (Å²) >= 11 is 7.00. The number of alkyl halides is 2. The summed E-state index contributed by atoms with van der Waals surface area (Å²) in [4.78, 5) is 13.3. The Morgan fingerprint density at radius 3 is 1.62 bits per heavy atom. The zero-order chi connectivity index (χ0) is 18.1. The highest BCUT2D eigenvalue weighted by atomic mass is 79.9. The van der Waals surface area contributed by atoms with Gasteiger partial charge in [0.05, 0.1) is 11.8 Å². The Morgan fingerprint density at radius 2 is 1.19 bits per heavy atom. The van der Waals surface area contributed by atoms with E-state index in [-0.39, 0.29) is 31.2 Å². The van der Waals surface area contributed by atoms with E-state index in [1.807, 2.05) is 36.4 Å². The normalized spacial score (nSPS) is 16.4. The molecule has 5 nitrogen and oxygen atoms in total. The summed E-state index contributed by atoms with van der Waals surface area (Å²) < 4.78 is 21.6. The van der Waals surface area contributed by atoms with Crippen LogP contribution >= 0.6 is 31.9 Å². The van der Waals surface area contributed by atoms with Crippen molar-refractivity contribution >= 4 is 37.6 Å². The summed E-state index contributed by atoms with van der Waals surface area (Å²) in [6.45, 7) is 0.430. The zero-order valence-electron chi connectivity index (χ0n) is 13.7. The van der Waals surface area contributed by atoms with Crippen molar-refractivity contribution in [2.24, 2.45) is 0 Å². The molecule has 7 heteroatoms. The minimum atomic E-state index is -0.294. The topological polar surface area (TPSA) is 54.0 Å². The molecule has 136 valence electrons. The van der Waals surface area contributed by atoms with Crippen LogP contribution in [-0.2, 0) is 4.79 Å². The molecule has 0 aliphatic carbocycles. The SMILES string of the molecule is O=C(C(CBr)c1ccc2c(c1)OCO2)C(CBr)c1ccc2c(c1)OCO2. The molecule has 2 heterocycles. The molecule has 0 fully saturated rings. The Bertz CT molecular complexity index is 771. The summed E-state index contributed by atoms with van der Waals surface area (Å²) in [5.41, 5.74) is 1.81. The first-order chi connectivity index (χ1) is 12.7. The van der Waals surface area contributed by atoms with Gasteiger partial charge in [-0.1, -0.05) is 44.0 Å². The van der Waals surface area contributed by atoms with Gasteiger partial charge in [-0.3, -0.25) is 4.79 Å². The summed E-state index contributed by atoms with van der Waals surface area (Å²) in [7, 11) is 0. The molecule has 0 N–H and O–H groups in total. The van der Waals surface area contributed by atoms with Crippen LogP contribution in [0.2, 0.25) is 0 Å². The van der Waals surface area contributed by atoms with Crippen LogP contribution in [0.4, 0.5) is 0 Å². The highest BCUT2D eigenvalue weighted by molar-refractivity contribution is 9.09. The first kappa shape index (κ1) is 17.7.